The molecule has 6 nitrogen and oxygen atoms in total. The summed E-state index contributed by atoms with van der Waals surface area (Å²) in [7, 11) is -1.17. The van der Waals surface area contributed by atoms with Gasteiger partial charge in [-0.3, -0.25) is 9.88 Å². The zero-order valence-electron chi connectivity index (χ0n) is 14.0. The molecule has 0 radical (unpaired) electrons. The molecule has 0 saturated heterocycles. The molecule has 0 spiro atoms. The number of hydrogen-bond donors (Lipinski definition) is 1. The van der Waals surface area contributed by atoms with E-state index in [1.54, 1.807) is 30.3 Å². The summed E-state index contributed by atoms with van der Waals surface area (Å²) in [5.74, 6) is -1.19. The summed E-state index contributed by atoms with van der Waals surface area (Å²) in [6, 6.07) is 18.1. The van der Waals surface area contributed by atoms with Crippen LogP contribution in [0.4, 0.5) is 10.5 Å². The molecule has 0 aromatic heterocycles. The molecule has 0 aliphatic heterocycles. The summed E-state index contributed by atoms with van der Waals surface area (Å²) in [5.41, 5.74) is 1.42. The van der Waals surface area contributed by atoms with Gasteiger partial charge in [-0.2, -0.15) is 0 Å². The van der Waals surface area contributed by atoms with Crippen LogP contribution in [0.2, 0.25) is 0 Å². The van der Waals surface area contributed by atoms with E-state index in [1.807, 2.05) is 36.4 Å². The van der Waals surface area contributed by atoms with Gasteiger partial charge in [0.25, 0.3) is 0 Å². The van der Waals surface area contributed by atoms with Gasteiger partial charge in [-0.1, -0.05) is 54.6 Å². The minimum absolute atomic E-state index is 0.558. The summed E-state index contributed by atoms with van der Waals surface area (Å²) < 4.78 is 27.9. The lowest BCUT2D eigenvalue weighted by Crippen LogP contribution is -2.22. The molecule has 0 aliphatic rings. The van der Waals surface area contributed by atoms with Gasteiger partial charge < -0.3 is 13.8 Å². The third kappa shape index (κ3) is 5.57. The normalized spacial score (nSPS) is 12.7. The van der Waals surface area contributed by atoms with Crippen molar-refractivity contribution in [3.63, 3.8) is 0 Å². The summed E-state index contributed by atoms with van der Waals surface area (Å²) in [6.07, 6.45) is 2.40. The van der Waals surface area contributed by atoms with E-state index in [4.69, 9.17) is 13.8 Å². The Kier molecular flexibility index (Phi) is 6.95. The molecule has 1 unspecified atom stereocenters. The summed E-state index contributed by atoms with van der Waals surface area (Å²) in [6.45, 7) is 0. The number of anilines is 1. The second kappa shape index (κ2) is 9.18. The van der Waals surface area contributed by atoms with Gasteiger partial charge in [0.2, 0.25) is 5.85 Å². The average Bonchev–Trinajstić information content (AvgIpc) is 2.66. The maximum Gasteiger partial charge on any atom is 0.412 e. The first-order valence-corrected chi connectivity index (χ1v) is 9.15. The topological polar surface area (TPSA) is 73.9 Å². The van der Waals surface area contributed by atoms with E-state index in [0.29, 0.717) is 5.69 Å². The van der Waals surface area contributed by atoms with Crippen molar-refractivity contribution in [3.8, 4) is 0 Å². The van der Waals surface area contributed by atoms with Crippen LogP contribution in [-0.4, -0.2) is 26.2 Å². The number of nitrogens with one attached hydrogen (secondary N) is 1. The van der Waals surface area contributed by atoms with Crippen molar-refractivity contribution in [2.75, 3.05) is 19.5 Å². The first kappa shape index (κ1) is 18.9. The molecule has 0 fully saturated rings. The van der Waals surface area contributed by atoms with E-state index in [2.05, 4.69) is 5.32 Å². The van der Waals surface area contributed by atoms with Crippen molar-refractivity contribution < 1.29 is 23.1 Å². The van der Waals surface area contributed by atoms with Crippen molar-refractivity contribution in [2.24, 2.45) is 0 Å². The Balaban J connectivity index is 2.15. The molecule has 132 valence electrons. The van der Waals surface area contributed by atoms with E-state index in [0.717, 1.165) is 5.56 Å². The number of hydrogen-bond acceptors (Lipinski definition) is 5. The van der Waals surface area contributed by atoms with E-state index in [-0.39, 0.29) is 0 Å². The fourth-order valence-electron chi connectivity index (χ4n) is 2.03. The molecule has 25 heavy (non-hydrogen) atoms. The van der Waals surface area contributed by atoms with Crippen LogP contribution in [0.3, 0.4) is 0 Å². The Morgan fingerprint density at radius 2 is 1.56 bits per heavy atom. The molecule has 0 heterocycles. The van der Waals surface area contributed by atoms with Crippen LogP contribution in [0.15, 0.2) is 66.7 Å². The number of carbonyl (C=O) groups excluding carboxylic acids is 1. The minimum atomic E-state index is -3.66. The highest BCUT2D eigenvalue weighted by Crippen LogP contribution is 2.52. The lowest BCUT2D eigenvalue weighted by Gasteiger charge is -2.22. The number of carbonyl (C=O) groups is 1. The van der Waals surface area contributed by atoms with Crippen molar-refractivity contribution in [2.45, 2.75) is 5.85 Å². The second-order valence-electron chi connectivity index (χ2n) is 4.96. The van der Waals surface area contributed by atoms with Crippen LogP contribution in [0.1, 0.15) is 5.56 Å². The van der Waals surface area contributed by atoms with Crippen LogP contribution >= 0.6 is 7.60 Å². The molecule has 1 atom stereocenters. The zero-order valence-corrected chi connectivity index (χ0v) is 14.9. The summed E-state index contributed by atoms with van der Waals surface area (Å²) in [5, 5.41) is 2.56. The Morgan fingerprint density at radius 1 is 1.00 bits per heavy atom. The lowest BCUT2D eigenvalue weighted by atomic mass is 10.2. The Hall–Kier alpha value is -2.40. The first-order valence-electron chi connectivity index (χ1n) is 7.54. The van der Waals surface area contributed by atoms with Crippen LogP contribution < -0.4 is 5.32 Å². The zero-order chi connectivity index (χ0) is 18.1. The molecule has 0 bridgehead atoms. The van der Waals surface area contributed by atoms with Gasteiger partial charge in [0.05, 0.1) is 0 Å². The Bertz CT molecular complexity index is 741. The first-order chi connectivity index (χ1) is 12.1. The quantitative estimate of drug-likeness (QED) is 0.720. The van der Waals surface area contributed by atoms with Crippen molar-refractivity contribution in [1.82, 2.24) is 0 Å². The second-order valence-corrected chi connectivity index (χ2v) is 7.28. The summed E-state index contributed by atoms with van der Waals surface area (Å²) in [4.78, 5) is 12.1. The van der Waals surface area contributed by atoms with E-state index in [9.17, 15) is 9.36 Å². The molecular weight excluding hydrogens is 341 g/mol. The monoisotopic (exact) mass is 361 g/mol. The lowest BCUT2D eigenvalue weighted by molar-refractivity contribution is 0.140. The van der Waals surface area contributed by atoms with Crippen LogP contribution in [-0.2, 0) is 18.3 Å². The molecular formula is C18H20NO5P. The largest absolute Gasteiger partial charge is 0.429 e. The molecule has 2 rings (SSSR count). The predicted octanol–water partition coefficient (Wildman–Crippen LogP) is 4.76. The van der Waals surface area contributed by atoms with Crippen molar-refractivity contribution in [1.29, 1.82) is 0 Å². The maximum absolute atomic E-state index is 12.7. The van der Waals surface area contributed by atoms with Crippen LogP contribution in [0, 0.1) is 0 Å². The average molecular weight is 361 g/mol. The number of ether oxygens (including phenoxy) is 1. The van der Waals surface area contributed by atoms with Gasteiger partial charge >= 0.3 is 13.7 Å². The van der Waals surface area contributed by atoms with E-state index in [1.165, 1.54) is 20.3 Å². The van der Waals surface area contributed by atoms with Gasteiger partial charge in [0, 0.05) is 19.9 Å². The van der Waals surface area contributed by atoms with E-state index >= 15 is 0 Å². The summed E-state index contributed by atoms with van der Waals surface area (Å²) >= 11 is 0. The molecule has 1 amide bonds. The molecule has 0 aliphatic carbocycles. The van der Waals surface area contributed by atoms with Gasteiger partial charge in [0.1, 0.15) is 0 Å². The van der Waals surface area contributed by atoms with Gasteiger partial charge in [-0.05, 0) is 23.8 Å². The smallest absolute Gasteiger partial charge is 0.412 e. The SMILES string of the molecule is COP(=O)(OC)C(/C=C/c1ccccc1)OC(=O)Nc1ccccc1. The van der Waals surface area contributed by atoms with Gasteiger partial charge in [-0.25, -0.2) is 4.79 Å². The number of rotatable bonds is 7. The minimum Gasteiger partial charge on any atom is -0.429 e. The predicted molar refractivity (Wildman–Crippen MR) is 97.4 cm³/mol. The van der Waals surface area contributed by atoms with Crippen molar-refractivity contribution >= 4 is 25.5 Å². The highest BCUT2D eigenvalue weighted by atomic mass is 31.2. The number of benzene rings is 2. The maximum atomic E-state index is 12.7. The van der Waals surface area contributed by atoms with Gasteiger partial charge in [-0.15, -0.1) is 0 Å². The van der Waals surface area contributed by atoms with Gasteiger partial charge in [0.15, 0.2) is 0 Å². The highest BCUT2D eigenvalue weighted by Gasteiger charge is 2.35. The third-order valence-corrected chi connectivity index (χ3v) is 5.24. The molecule has 2 aromatic rings. The number of amides is 1. The number of para-hydroxylation sites is 1. The Morgan fingerprint density at radius 3 is 2.12 bits per heavy atom. The van der Waals surface area contributed by atoms with Crippen LogP contribution in [0.5, 0.6) is 0 Å². The highest BCUT2D eigenvalue weighted by molar-refractivity contribution is 7.54. The molecule has 0 saturated carbocycles. The molecule has 7 heteroatoms. The third-order valence-electron chi connectivity index (χ3n) is 3.32. The Labute approximate surface area is 147 Å². The molecule has 2 aromatic carbocycles. The van der Waals surface area contributed by atoms with Crippen molar-refractivity contribution in [3.05, 3.63) is 72.3 Å². The van der Waals surface area contributed by atoms with E-state index < -0.39 is 19.5 Å². The fourth-order valence-corrected chi connectivity index (χ4v) is 3.11. The fraction of sp³-hybridized carbons (Fsp3) is 0.167. The standard InChI is InChI=1S/C18H20NO5P/c1-22-25(21,23-2)17(14-13-15-9-5-3-6-10-15)24-18(20)19-16-11-7-4-8-12-16/h3-14,17H,1-2H3,(H,19,20)/b14-13+. The molecule has 1 N–H and O–H groups in total. The van der Waals surface area contributed by atoms with Crippen LogP contribution in [0.25, 0.3) is 6.08 Å².